The monoisotopic (exact) mass is 543 g/mol. The Morgan fingerprint density at radius 2 is 1.67 bits per heavy atom. The number of anilines is 1. The number of nitrogens with zero attached hydrogens (tertiary/aromatic N) is 3. The first-order chi connectivity index (χ1) is 17.5. The van der Waals surface area contributed by atoms with Gasteiger partial charge in [0, 0.05) is 22.3 Å². The van der Waals surface area contributed by atoms with Crippen LogP contribution in [0, 0.1) is 5.82 Å². The zero-order valence-electron chi connectivity index (χ0n) is 19.4. The molecule has 1 aliphatic carbocycles. The summed E-state index contributed by atoms with van der Waals surface area (Å²) >= 11 is 3.44. The average molecular weight is 544 g/mol. The van der Waals surface area contributed by atoms with Gasteiger partial charge in [-0.25, -0.2) is 4.39 Å². The molecule has 0 bridgehead atoms. The summed E-state index contributed by atoms with van der Waals surface area (Å²) in [6, 6.07) is 24.8. The van der Waals surface area contributed by atoms with Gasteiger partial charge in [0.25, 0.3) is 5.91 Å². The van der Waals surface area contributed by atoms with Crippen molar-refractivity contribution in [3.8, 4) is 5.69 Å². The lowest BCUT2D eigenvalue weighted by atomic mass is 9.97. The van der Waals surface area contributed by atoms with Crippen LogP contribution in [0.15, 0.2) is 95.6 Å². The van der Waals surface area contributed by atoms with Gasteiger partial charge in [-0.15, -0.1) is 0 Å². The molecule has 180 valence electrons. The lowest BCUT2D eigenvalue weighted by Crippen LogP contribution is -2.47. The molecule has 1 saturated carbocycles. The molecule has 2 heterocycles. The van der Waals surface area contributed by atoms with Crippen molar-refractivity contribution in [2.45, 2.75) is 24.9 Å². The summed E-state index contributed by atoms with van der Waals surface area (Å²) in [5.74, 6) is -0.665. The molecule has 1 aromatic heterocycles. The summed E-state index contributed by atoms with van der Waals surface area (Å²) in [6.07, 6.45) is 3.74. The summed E-state index contributed by atoms with van der Waals surface area (Å²) in [7, 11) is 0. The second kappa shape index (κ2) is 9.06. The Kier molecular flexibility index (Phi) is 5.72. The second-order valence-electron chi connectivity index (χ2n) is 9.18. The number of amides is 2. The highest BCUT2D eigenvalue weighted by Gasteiger charge is 2.40. The predicted octanol–water partition coefficient (Wildman–Crippen LogP) is 6.12. The lowest BCUT2D eigenvalue weighted by molar-refractivity contribution is -0.119. The molecule has 7 heteroatoms. The number of benzene rings is 3. The molecule has 4 aromatic rings. The van der Waals surface area contributed by atoms with Gasteiger partial charge in [-0.3, -0.25) is 14.5 Å². The van der Waals surface area contributed by atoms with Crippen LogP contribution in [0.3, 0.4) is 0 Å². The summed E-state index contributed by atoms with van der Waals surface area (Å²) in [5.41, 5.74) is 3.90. The van der Waals surface area contributed by atoms with Gasteiger partial charge in [0.1, 0.15) is 18.4 Å². The molecule has 2 amide bonds. The topological polar surface area (TPSA) is 45.6 Å². The second-order valence-corrected chi connectivity index (χ2v) is 10.1. The third-order valence-corrected chi connectivity index (χ3v) is 7.29. The standard InChI is InChI=1S/C29H23BrFN3O2/c30-21-6-3-5-20(17-21)29(36)33(23-14-15-23)18-27(35)34-25-8-2-1-7-24(25)32-16-4-9-26(32)28(34)19-10-12-22(31)13-11-19/h1-13,16-17,23,28H,14-15,18H2. The van der Waals surface area contributed by atoms with Gasteiger partial charge in [-0.05, 0) is 73.0 Å². The Hall–Kier alpha value is -3.71. The fraction of sp³-hybridized carbons (Fsp3) is 0.172. The number of hydrogen-bond acceptors (Lipinski definition) is 2. The van der Waals surface area contributed by atoms with Crippen molar-refractivity contribution in [1.82, 2.24) is 9.47 Å². The van der Waals surface area contributed by atoms with Gasteiger partial charge in [-0.1, -0.05) is 46.3 Å². The number of fused-ring (bicyclic) bond motifs is 3. The zero-order chi connectivity index (χ0) is 24.8. The number of rotatable bonds is 5. The molecule has 3 aromatic carbocycles. The Morgan fingerprint density at radius 1 is 0.917 bits per heavy atom. The van der Waals surface area contributed by atoms with Crippen LogP contribution in [0.5, 0.6) is 0 Å². The zero-order valence-corrected chi connectivity index (χ0v) is 20.9. The van der Waals surface area contributed by atoms with Crippen molar-refractivity contribution in [2.24, 2.45) is 0 Å². The maximum atomic E-state index is 14.1. The van der Waals surface area contributed by atoms with Crippen molar-refractivity contribution in [1.29, 1.82) is 0 Å². The average Bonchev–Trinajstić information content (AvgIpc) is 3.61. The van der Waals surface area contributed by atoms with E-state index in [4.69, 9.17) is 0 Å². The van der Waals surface area contributed by atoms with E-state index in [1.807, 2.05) is 54.7 Å². The molecule has 0 N–H and O–H groups in total. The number of carbonyl (C=O) groups is 2. The molecular formula is C29H23BrFN3O2. The predicted molar refractivity (Wildman–Crippen MR) is 140 cm³/mol. The molecule has 0 radical (unpaired) electrons. The van der Waals surface area contributed by atoms with Gasteiger partial charge in [0.15, 0.2) is 0 Å². The minimum atomic E-state index is -0.454. The Labute approximate surface area is 216 Å². The number of halogens is 2. The molecule has 36 heavy (non-hydrogen) atoms. The fourth-order valence-corrected chi connectivity index (χ4v) is 5.38. The van der Waals surface area contributed by atoms with Crippen LogP contribution in [-0.2, 0) is 4.79 Å². The van der Waals surface area contributed by atoms with E-state index in [1.54, 1.807) is 34.1 Å². The molecule has 0 spiro atoms. The molecular weight excluding hydrogens is 521 g/mol. The maximum Gasteiger partial charge on any atom is 0.254 e. The van der Waals surface area contributed by atoms with Gasteiger partial charge < -0.3 is 9.47 Å². The van der Waals surface area contributed by atoms with Crippen LogP contribution in [-0.4, -0.2) is 33.9 Å². The Morgan fingerprint density at radius 3 is 2.39 bits per heavy atom. The van der Waals surface area contributed by atoms with Gasteiger partial charge in [-0.2, -0.15) is 0 Å². The first-order valence-electron chi connectivity index (χ1n) is 11.9. The molecule has 6 rings (SSSR count). The normalized spacial score (nSPS) is 16.3. The molecule has 1 fully saturated rings. The number of para-hydroxylation sites is 2. The van der Waals surface area contributed by atoms with E-state index in [0.29, 0.717) is 5.56 Å². The molecule has 1 unspecified atom stereocenters. The van der Waals surface area contributed by atoms with Gasteiger partial charge >= 0.3 is 0 Å². The van der Waals surface area contributed by atoms with Crippen molar-refractivity contribution >= 4 is 33.4 Å². The fourth-order valence-electron chi connectivity index (χ4n) is 4.98. The van der Waals surface area contributed by atoms with Crippen molar-refractivity contribution in [2.75, 3.05) is 11.4 Å². The minimum absolute atomic E-state index is 0.0389. The van der Waals surface area contributed by atoms with Crippen LogP contribution in [0.1, 0.15) is 40.5 Å². The Balaban J connectivity index is 1.41. The van der Waals surface area contributed by atoms with E-state index >= 15 is 0 Å². The van der Waals surface area contributed by atoms with E-state index in [2.05, 4.69) is 20.5 Å². The van der Waals surface area contributed by atoms with Crippen molar-refractivity contribution in [3.63, 3.8) is 0 Å². The van der Waals surface area contributed by atoms with Crippen molar-refractivity contribution in [3.05, 3.63) is 118 Å². The largest absolute Gasteiger partial charge is 0.326 e. The molecule has 2 aliphatic rings. The molecule has 5 nitrogen and oxygen atoms in total. The smallest absolute Gasteiger partial charge is 0.254 e. The number of carbonyl (C=O) groups excluding carboxylic acids is 2. The third kappa shape index (κ3) is 4.03. The first kappa shape index (κ1) is 22.7. The summed E-state index contributed by atoms with van der Waals surface area (Å²) < 4.78 is 16.7. The van der Waals surface area contributed by atoms with Crippen LogP contribution < -0.4 is 4.90 Å². The molecule has 1 atom stereocenters. The first-order valence-corrected chi connectivity index (χ1v) is 12.7. The SMILES string of the molecule is O=C(c1cccc(Br)c1)N(CC(=O)N1c2ccccc2-n2cccc2C1c1ccc(F)cc1)C1CC1. The summed E-state index contributed by atoms with van der Waals surface area (Å²) in [5, 5.41) is 0. The molecule has 0 saturated heterocycles. The van der Waals surface area contributed by atoms with E-state index in [0.717, 1.165) is 39.9 Å². The highest BCUT2D eigenvalue weighted by atomic mass is 79.9. The third-order valence-electron chi connectivity index (χ3n) is 6.80. The minimum Gasteiger partial charge on any atom is -0.326 e. The molecule has 1 aliphatic heterocycles. The lowest BCUT2D eigenvalue weighted by Gasteiger charge is -2.39. The van der Waals surface area contributed by atoms with Crippen LogP contribution in [0.25, 0.3) is 5.69 Å². The quantitative estimate of drug-likeness (QED) is 0.304. The highest BCUT2D eigenvalue weighted by molar-refractivity contribution is 9.10. The van der Waals surface area contributed by atoms with Crippen LogP contribution in [0.4, 0.5) is 10.1 Å². The number of aromatic nitrogens is 1. The summed E-state index contributed by atoms with van der Waals surface area (Å²) in [6.45, 7) is -0.0389. The van der Waals surface area contributed by atoms with E-state index in [1.165, 1.54) is 12.1 Å². The van der Waals surface area contributed by atoms with Crippen LogP contribution >= 0.6 is 15.9 Å². The maximum absolute atomic E-state index is 14.1. The van der Waals surface area contributed by atoms with E-state index in [-0.39, 0.29) is 30.2 Å². The van der Waals surface area contributed by atoms with Crippen LogP contribution in [0.2, 0.25) is 0 Å². The van der Waals surface area contributed by atoms with Gasteiger partial charge in [0.05, 0.1) is 17.1 Å². The Bertz CT molecular complexity index is 1460. The summed E-state index contributed by atoms with van der Waals surface area (Å²) in [4.78, 5) is 31.1. The van der Waals surface area contributed by atoms with Gasteiger partial charge in [0.2, 0.25) is 5.91 Å². The highest BCUT2D eigenvalue weighted by Crippen LogP contribution is 2.42. The van der Waals surface area contributed by atoms with E-state index < -0.39 is 6.04 Å². The van der Waals surface area contributed by atoms with Crippen molar-refractivity contribution < 1.29 is 14.0 Å². The number of hydrogen-bond donors (Lipinski definition) is 0. The van der Waals surface area contributed by atoms with E-state index in [9.17, 15) is 14.0 Å².